The third kappa shape index (κ3) is 3.35. The summed E-state index contributed by atoms with van der Waals surface area (Å²) in [6.07, 6.45) is 1.47. The Morgan fingerprint density at radius 3 is 2.46 bits per heavy atom. The van der Waals surface area contributed by atoms with Crippen LogP contribution in [-0.4, -0.2) is 49.4 Å². The monoisotopic (exact) mass is 380 g/mol. The first kappa shape index (κ1) is 18.5. The van der Waals surface area contributed by atoms with Gasteiger partial charge in [-0.25, -0.2) is 0 Å². The van der Waals surface area contributed by atoms with Crippen molar-refractivity contribution >= 4 is 34.2 Å². The number of nitrogens with zero attached hydrogens (tertiary/aromatic N) is 2. The normalized spacial score (nSPS) is 20.6. The molecule has 6 heteroatoms. The van der Waals surface area contributed by atoms with Crippen LogP contribution in [0.3, 0.4) is 0 Å². The summed E-state index contributed by atoms with van der Waals surface area (Å²) in [5.74, 6) is -0.670. The van der Waals surface area contributed by atoms with E-state index in [0.717, 1.165) is 16.5 Å². The van der Waals surface area contributed by atoms with E-state index in [0.29, 0.717) is 32.5 Å². The third-order valence-electron chi connectivity index (χ3n) is 5.87. The first-order valence-electron chi connectivity index (χ1n) is 9.73. The van der Waals surface area contributed by atoms with Gasteiger partial charge < -0.3 is 14.5 Å². The molecule has 2 aliphatic heterocycles. The highest BCUT2D eigenvalue weighted by Crippen LogP contribution is 2.32. The molecule has 0 spiro atoms. The van der Waals surface area contributed by atoms with Gasteiger partial charge in [0.25, 0.3) is 0 Å². The molecule has 2 aromatic rings. The number of hydrogen-bond donors (Lipinski definition) is 0. The molecule has 146 valence electrons. The average molecular weight is 380 g/mol. The van der Waals surface area contributed by atoms with Crippen LogP contribution in [-0.2, 0) is 19.1 Å². The Morgan fingerprint density at radius 1 is 1.00 bits per heavy atom. The van der Waals surface area contributed by atoms with Crippen molar-refractivity contribution in [3.63, 3.8) is 0 Å². The maximum atomic E-state index is 13.0. The molecule has 1 atom stereocenters. The third-order valence-corrected chi connectivity index (χ3v) is 5.87. The Bertz CT molecular complexity index is 912. The van der Waals surface area contributed by atoms with E-state index >= 15 is 0 Å². The molecule has 0 aliphatic carbocycles. The molecule has 2 saturated heterocycles. The fraction of sp³-hybridized carbons (Fsp3) is 0.409. The van der Waals surface area contributed by atoms with Crippen LogP contribution in [0.2, 0.25) is 0 Å². The fourth-order valence-electron chi connectivity index (χ4n) is 4.31. The molecule has 0 N–H and O–H groups in total. The molecular formula is C22H24N2O4. The van der Waals surface area contributed by atoms with Crippen LogP contribution in [0, 0.1) is 11.8 Å². The van der Waals surface area contributed by atoms with Crippen LogP contribution in [0.5, 0.6) is 0 Å². The summed E-state index contributed by atoms with van der Waals surface area (Å²) < 4.78 is 4.80. The number of carbonyl (C=O) groups excluding carboxylic acids is 3. The summed E-state index contributed by atoms with van der Waals surface area (Å²) in [7, 11) is 1.39. The fourth-order valence-corrected chi connectivity index (χ4v) is 4.31. The second-order valence-electron chi connectivity index (χ2n) is 7.53. The smallest absolute Gasteiger partial charge is 0.308 e. The van der Waals surface area contributed by atoms with Crippen molar-refractivity contribution in [3.8, 4) is 0 Å². The molecule has 0 saturated carbocycles. The Labute approximate surface area is 164 Å². The molecule has 2 heterocycles. The quantitative estimate of drug-likeness (QED) is 0.768. The number of esters is 1. The summed E-state index contributed by atoms with van der Waals surface area (Å²) >= 11 is 0. The van der Waals surface area contributed by atoms with Gasteiger partial charge in [-0.2, -0.15) is 0 Å². The average Bonchev–Trinajstić information content (AvgIpc) is 3.13. The zero-order valence-electron chi connectivity index (χ0n) is 16.0. The topological polar surface area (TPSA) is 66.9 Å². The number of anilines is 1. The van der Waals surface area contributed by atoms with Crippen LogP contribution in [0.25, 0.3) is 10.8 Å². The Balaban J connectivity index is 1.46. The lowest BCUT2D eigenvalue weighted by Gasteiger charge is -2.32. The summed E-state index contributed by atoms with van der Waals surface area (Å²) in [6, 6.07) is 13.9. The number of likely N-dealkylation sites (tertiary alicyclic amines) is 1. The highest BCUT2D eigenvalue weighted by atomic mass is 16.5. The summed E-state index contributed by atoms with van der Waals surface area (Å²) in [5, 5.41) is 2.10. The molecule has 4 rings (SSSR count). The Morgan fingerprint density at radius 2 is 1.71 bits per heavy atom. The van der Waals surface area contributed by atoms with Crippen molar-refractivity contribution in [3.05, 3.63) is 42.5 Å². The molecule has 2 amide bonds. The molecule has 6 nitrogen and oxygen atoms in total. The second-order valence-corrected chi connectivity index (χ2v) is 7.53. The van der Waals surface area contributed by atoms with Crippen molar-refractivity contribution in [1.82, 2.24) is 4.90 Å². The van der Waals surface area contributed by atoms with Crippen LogP contribution in [0.15, 0.2) is 42.5 Å². The predicted molar refractivity (Wildman–Crippen MR) is 106 cm³/mol. The van der Waals surface area contributed by atoms with E-state index in [-0.39, 0.29) is 36.0 Å². The van der Waals surface area contributed by atoms with Crippen LogP contribution >= 0.6 is 0 Å². The first-order valence-corrected chi connectivity index (χ1v) is 9.73. The zero-order chi connectivity index (χ0) is 19.7. The van der Waals surface area contributed by atoms with Crippen molar-refractivity contribution < 1.29 is 19.1 Å². The van der Waals surface area contributed by atoms with E-state index in [2.05, 4.69) is 0 Å². The van der Waals surface area contributed by atoms with Gasteiger partial charge in [-0.15, -0.1) is 0 Å². The maximum absolute atomic E-state index is 13.0. The standard InChI is InChI=1S/C22H24N2O4/c1-28-22(27)16-9-11-23(12-10-16)21(26)17-13-20(25)24(14-17)19-8-4-6-15-5-2-3-7-18(15)19/h2-8,16-17H,9-14H2,1H3. The van der Waals surface area contributed by atoms with Gasteiger partial charge in [-0.1, -0.05) is 36.4 Å². The number of carbonyl (C=O) groups is 3. The van der Waals surface area contributed by atoms with Gasteiger partial charge in [0, 0.05) is 31.4 Å². The number of piperidine rings is 1. The number of methoxy groups -OCH3 is 1. The van der Waals surface area contributed by atoms with Gasteiger partial charge in [0.15, 0.2) is 0 Å². The van der Waals surface area contributed by atoms with Gasteiger partial charge in [-0.3, -0.25) is 14.4 Å². The summed E-state index contributed by atoms with van der Waals surface area (Å²) in [6.45, 7) is 1.48. The van der Waals surface area contributed by atoms with Gasteiger partial charge in [-0.05, 0) is 24.3 Å². The molecule has 0 aromatic heterocycles. The molecule has 2 fully saturated rings. The molecule has 0 radical (unpaired) electrons. The number of fused-ring (bicyclic) bond motifs is 1. The Kier molecular flexibility index (Phi) is 5.03. The highest BCUT2D eigenvalue weighted by Gasteiger charge is 2.39. The summed E-state index contributed by atoms with van der Waals surface area (Å²) in [4.78, 5) is 40.9. The lowest BCUT2D eigenvalue weighted by Crippen LogP contribution is -2.43. The van der Waals surface area contributed by atoms with Crippen molar-refractivity contribution in [1.29, 1.82) is 0 Å². The number of amides is 2. The zero-order valence-corrected chi connectivity index (χ0v) is 16.0. The lowest BCUT2D eigenvalue weighted by atomic mass is 9.95. The van der Waals surface area contributed by atoms with Crippen LogP contribution in [0.4, 0.5) is 5.69 Å². The minimum Gasteiger partial charge on any atom is -0.469 e. The lowest BCUT2D eigenvalue weighted by molar-refractivity contribution is -0.149. The summed E-state index contributed by atoms with van der Waals surface area (Å²) in [5.41, 5.74) is 0.864. The maximum Gasteiger partial charge on any atom is 0.308 e. The van der Waals surface area contributed by atoms with Crippen LogP contribution < -0.4 is 4.90 Å². The number of hydrogen-bond acceptors (Lipinski definition) is 4. The molecular weight excluding hydrogens is 356 g/mol. The van der Waals surface area contributed by atoms with Crippen molar-refractivity contribution in [2.24, 2.45) is 11.8 Å². The molecule has 28 heavy (non-hydrogen) atoms. The van der Waals surface area contributed by atoms with Gasteiger partial charge >= 0.3 is 5.97 Å². The molecule has 2 aromatic carbocycles. The van der Waals surface area contributed by atoms with E-state index in [9.17, 15) is 14.4 Å². The van der Waals surface area contributed by atoms with Crippen LogP contribution in [0.1, 0.15) is 19.3 Å². The van der Waals surface area contributed by atoms with Gasteiger partial charge in [0.2, 0.25) is 11.8 Å². The number of rotatable bonds is 3. The Hall–Kier alpha value is -2.89. The SMILES string of the molecule is COC(=O)C1CCN(C(=O)C2CC(=O)N(c3cccc4ccccc34)C2)CC1. The minimum absolute atomic E-state index is 0.0133. The van der Waals surface area contributed by atoms with E-state index in [1.165, 1.54) is 7.11 Å². The first-order chi connectivity index (χ1) is 13.6. The van der Waals surface area contributed by atoms with E-state index in [1.54, 1.807) is 9.80 Å². The second kappa shape index (κ2) is 7.62. The molecule has 2 aliphatic rings. The predicted octanol–water partition coefficient (Wildman–Crippen LogP) is 2.60. The molecule has 0 bridgehead atoms. The molecule has 1 unspecified atom stereocenters. The van der Waals surface area contributed by atoms with E-state index in [4.69, 9.17) is 4.74 Å². The van der Waals surface area contributed by atoms with E-state index < -0.39 is 0 Å². The van der Waals surface area contributed by atoms with Gasteiger partial charge in [0.1, 0.15) is 0 Å². The van der Waals surface area contributed by atoms with E-state index in [1.807, 2.05) is 42.5 Å². The minimum atomic E-state index is -0.332. The largest absolute Gasteiger partial charge is 0.469 e. The van der Waals surface area contributed by atoms with Gasteiger partial charge in [0.05, 0.1) is 24.6 Å². The van der Waals surface area contributed by atoms with Crippen molar-refractivity contribution in [2.45, 2.75) is 19.3 Å². The number of benzene rings is 2. The van der Waals surface area contributed by atoms with Crippen molar-refractivity contribution in [2.75, 3.05) is 31.6 Å². The number of ether oxygens (including phenoxy) is 1. The highest BCUT2D eigenvalue weighted by molar-refractivity contribution is 6.07.